The first kappa shape index (κ1) is 20.1. The van der Waals surface area contributed by atoms with Crippen molar-refractivity contribution in [2.24, 2.45) is 0 Å². The number of fused-ring (bicyclic) bond motifs is 1. The second-order valence-corrected chi connectivity index (χ2v) is 7.22. The van der Waals surface area contributed by atoms with Gasteiger partial charge in [-0.25, -0.2) is 4.98 Å². The van der Waals surface area contributed by atoms with Crippen LogP contribution >= 0.6 is 0 Å². The van der Waals surface area contributed by atoms with Gasteiger partial charge >= 0.3 is 0 Å². The van der Waals surface area contributed by atoms with E-state index in [9.17, 15) is 9.59 Å². The van der Waals surface area contributed by atoms with Gasteiger partial charge in [0.15, 0.2) is 0 Å². The number of amides is 2. The maximum absolute atomic E-state index is 13.3. The monoisotopic (exact) mass is 384 g/mol. The minimum Gasteiger partial charge on any atom is -0.379 e. The topological polar surface area (TPSA) is 76.5 Å². The fourth-order valence-electron chi connectivity index (χ4n) is 3.39. The van der Waals surface area contributed by atoms with Crippen LogP contribution in [0.4, 0.5) is 5.69 Å². The van der Waals surface area contributed by atoms with E-state index in [4.69, 9.17) is 4.74 Å². The van der Waals surface area contributed by atoms with E-state index in [1.807, 2.05) is 38.1 Å². The molecule has 0 fully saturated rings. The second-order valence-electron chi connectivity index (χ2n) is 7.22. The molecule has 0 spiro atoms. The Kier molecular flexibility index (Phi) is 6.81. The number of aromatic nitrogens is 2. The van der Waals surface area contributed by atoms with Crippen molar-refractivity contribution in [1.29, 1.82) is 0 Å². The van der Waals surface area contributed by atoms with Crippen LogP contribution in [-0.2, 0) is 20.7 Å². The van der Waals surface area contributed by atoms with Crippen molar-refractivity contribution in [1.82, 2.24) is 14.9 Å². The lowest BCUT2D eigenvalue weighted by atomic mass is 10.1. The van der Waals surface area contributed by atoms with Crippen LogP contribution in [0, 0.1) is 0 Å². The number of para-hydroxylation sites is 1. The van der Waals surface area contributed by atoms with Gasteiger partial charge in [-0.05, 0) is 38.3 Å². The number of rotatable bonds is 9. The highest BCUT2D eigenvalue weighted by Gasteiger charge is 2.32. The van der Waals surface area contributed by atoms with E-state index in [1.54, 1.807) is 28.2 Å². The second kappa shape index (κ2) is 9.50. The fourth-order valence-corrected chi connectivity index (χ4v) is 3.39. The summed E-state index contributed by atoms with van der Waals surface area (Å²) in [7, 11) is 0. The molecule has 1 unspecified atom stereocenters. The molecule has 0 saturated carbocycles. The van der Waals surface area contributed by atoms with E-state index in [0.29, 0.717) is 19.7 Å². The standard InChI is InChI=1S/C21H28N4O3/c1-16(2)28-13-5-9-23-20(26)14-19(24-12-10-22-15-24)21(27)25-11-8-17-6-3-4-7-18(17)25/h3-4,6-7,10,12,15-16,19H,5,8-9,11,13-14H2,1-2H3,(H,23,26). The molecule has 7 heteroatoms. The summed E-state index contributed by atoms with van der Waals surface area (Å²) in [5.74, 6) is -0.231. The molecule has 0 aliphatic carbocycles. The van der Waals surface area contributed by atoms with Gasteiger partial charge in [-0.15, -0.1) is 0 Å². The lowest BCUT2D eigenvalue weighted by molar-refractivity contribution is -0.128. The summed E-state index contributed by atoms with van der Waals surface area (Å²) in [6.45, 7) is 5.74. The zero-order valence-corrected chi connectivity index (χ0v) is 16.5. The third kappa shape index (κ3) is 4.98. The lowest BCUT2D eigenvalue weighted by Gasteiger charge is -2.24. The van der Waals surface area contributed by atoms with E-state index >= 15 is 0 Å². The molecule has 150 valence electrons. The highest BCUT2D eigenvalue weighted by atomic mass is 16.5. The molecule has 1 aliphatic rings. The van der Waals surface area contributed by atoms with Gasteiger partial charge in [0.05, 0.1) is 18.9 Å². The number of imidazole rings is 1. The zero-order valence-electron chi connectivity index (χ0n) is 16.5. The van der Waals surface area contributed by atoms with Crippen molar-refractivity contribution in [3.63, 3.8) is 0 Å². The first-order valence-corrected chi connectivity index (χ1v) is 9.81. The van der Waals surface area contributed by atoms with Crippen molar-refractivity contribution in [2.45, 2.75) is 45.3 Å². The Labute approximate surface area is 165 Å². The SMILES string of the molecule is CC(C)OCCCNC(=O)CC(C(=O)N1CCc2ccccc21)n1ccnc1. The molecule has 28 heavy (non-hydrogen) atoms. The van der Waals surface area contributed by atoms with Crippen molar-refractivity contribution < 1.29 is 14.3 Å². The Morgan fingerprint density at radius 2 is 2.11 bits per heavy atom. The number of carbonyl (C=O) groups is 2. The van der Waals surface area contributed by atoms with Crippen molar-refractivity contribution in [3.8, 4) is 0 Å². The molecule has 2 amide bonds. The van der Waals surface area contributed by atoms with Gasteiger partial charge < -0.3 is 19.5 Å². The predicted octanol–water partition coefficient (Wildman–Crippen LogP) is 2.33. The van der Waals surface area contributed by atoms with Crippen LogP contribution in [0.15, 0.2) is 43.0 Å². The first-order valence-electron chi connectivity index (χ1n) is 9.81. The summed E-state index contributed by atoms with van der Waals surface area (Å²) in [4.78, 5) is 31.6. The average molecular weight is 384 g/mol. The van der Waals surface area contributed by atoms with E-state index in [-0.39, 0.29) is 24.3 Å². The maximum atomic E-state index is 13.3. The van der Waals surface area contributed by atoms with E-state index in [0.717, 1.165) is 24.1 Å². The highest BCUT2D eigenvalue weighted by Crippen LogP contribution is 2.30. The van der Waals surface area contributed by atoms with Crippen LogP contribution < -0.4 is 10.2 Å². The average Bonchev–Trinajstić information content (AvgIpc) is 3.35. The van der Waals surface area contributed by atoms with Crippen LogP contribution in [0.3, 0.4) is 0 Å². The van der Waals surface area contributed by atoms with Gasteiger partial charge in [0, 0.05) is 37.8 Å². The Morgan fingerprint density at radius 3 is 2.86 bits per heavy atom. The summed E-state index contributed by atoms with van der Waals surface area (Å²) in [6, 6.07) is 7.31. The minimum atomic E-state index is -0.611. The van der Waals surface area contributed by atoms with Crippen molar-refractivity contribution in [2.75, 3.05) is 24.6 Å². The zero-order chi connectivity index (χ0) is 19.9. The van der Waals surface area contributed by atoms with Crippen LogP contribution in [0.1, 0.15) is 38.3 Å². The van der Waals surface area contributed by atoms with E-state index < -0.39 is 6.04 Å². The molecule has 7 nitrogen and oxygen atoms in total. The van der Waals surface area contributed by atoms with Crippen LogP contribution in [0.25, 0.3) is 0 Å². The van der Waals surface area contributed by atoms with Crippen LogP contribution in [-0.4, -0.2) is 47.2 Å². The number of carbonyl (C=O) groups excluding carboxylic acids is 2. The summed E-state index contributed by atoms with van der Waals surface area (Å²) in [5.41, 5.74) is 2.10. The van der Waals surface area contributed by atoms with Gasteiger partial charge in [0.2, 0.25) is 5.91 Å². The summed E-state index contributed by atoms with van der Waals surface area (Å²) >= 11 is 0. The number of anilines is 1. The first-order chi connectivity index (χ1) is 13.6. The quantitative estimate of drug-likeness (QED) is 0.673. The normalized spacial score (nSPS) is 14.2. The number of hydrogen-bond donors (Lipinski definition) is 1. The van der Waals surface area contributed by atoms with Crippen LogP contribution in [0.2, 0.25) is 0 Å². The van der Waals surface area contributed by atoms with Crippen molar-refractivity contribution >= 4 is 17.5 Å². The summed E-state index contributed by atoms with van der Waals surface area (Å²) < 4.78 is 7.19. The predicted molar refractivity (Wildman–Crippen MR) is 107 cm³/mol. The molecule has 0 radical (unpaired) electrons. The lowest BCUT2D eigenvalue weighted by Crippen LogP contribution is -2.39. The van der Waals surface area contributed by atoms with Gasteiger partial charge in [-0.3, -0.25) is 9.59 Å². The molecule has 3 rings (SSSR count). The number of benzene rings is 1. The Balaban J connectivity index is 1.62. The molecular formula is C21H28N4O3. The Morgan fingerprint density at radius 1 is 1.29 bits per heavy atom. The maximum Gasteiger partial charge on any atom is 0.250 e. The molecule has 0 saturated heterocycles. The molecule has 0 bridgehead atoms. The van der Waals surface area contributed by atoms with E-state index in [1.165, 1.54) is 0 Å². The number of nitrogens with zero attached hydrogens (tertiary/aromatic N) is 3. The third-order valence-electron chi connectivity index (χ3n) is 4.80. The molecule has 1 aromatic heterocycles. The van der Waals surface area contributed by atoms with Gasteiger partial charge in [-0.2, -0.15) is 0 Å². The Bertz CT molecular complexity index is 789. The molecule has 1 atom stereocenters. The molecule has 1 aromatic carbocycles. The largest absolute Gasteiger partial charge is 0.379 e. The molecule has 1 N–H and O–H groups in total. The number of hydrogen-bond acceptors (Lipinski definition) is 4. The molecular weight excluding hydrogens is 356 g/mol. The number of ether oxygens (including phenoxy) is 1. The molecule has 2 heterocycles. The van der Waals surface area contributed by atoms with Gasteiger partial charge in [0.25, 0.3) is 5.91 Å². The molecule has 2 aromatic rings. The summed E-state index contributed by atoms with van der Waals surface area (Å²) in [5, 5.41) is 2.89. The Hall–Kier alpha value is -2.67. The minimum absolute atomic E-state index is 0.0822. The fraction of sp³-hybridized carbons (Fsp3) is 0.476. The highest BCUT2D eigenvalue weighted by molar-refractivity contribution is 6.00. The van der Waals surface area contributed by atoms with Gasteiger partial charge in [0.1, 0.15) is 6.04 Å². The van der Waals surface area contributed by atoms with Gasteiger partial charge in [-0.1, -0.05) is 18.2 Å². The smallest absolute Gasteiger partial charge is 0.250 e. The summed E-state index contributed by atoms with van der Waals surface area (Å²) in [6.07, 6.45) is 6.79. The van der Waals surface area contributed by atoms with Crippen LogP contribution in [0.5, 0.6) is 0 Å². The third-order valence-corrected chi connectivity index (χ3v) is 4.80. The van der Waals surface area contributed by atoms with Crippen molar-refractivity contribution in [3.05, 3.63) is 48.5 Å². The van der Waals surface area contributed by atoms with E-state index in [2.05, 4.69) is 10.3 Å². The number of nitrogens with one attached hydrogen (secondary N) is 1. The molecule has 1 aliphatic heterocycles.